The molecule has 2 saturated heterocycles. The van der Waals surface area contributed by atoms with Crippen LogP contribution in [0.1, 0.15) is 24.8 Å². The van der Waals surface area contributed by atoms with E-state index in [1.807, 2.05) is 17.0 Å². The molecular weight excluding hydrogens is 480 g/mol. The number of nitrogens with one attached hydrogen (secondary N) is 3. The molecule has 10 heteroatoms. The number of methoxy groups -OCH3 is 1. The number of urea groups is 1. The summed E-state index contributed by atoms with van der Waals surface area (Å²) in [7, 11) is 1.54. The van der Waals surface area contributed by atoms with Gasteiger partial charge in [0.1, 0.15) is 5.75 Å². The number of nitrogens with zero attached hydrogens (tertiary/aromatic N) is 2. The van der Waals surface area contributed by atoms with Crippen molar-refractivity contribution in [2.75, 3.05) is 51.7 Å². The Morgan fingerprint density at radius 2 is 1.78 bits per heavy atom. The Morgan fingerprint density at radius 1 is 1.06 bits per heavy atom. The number of ether oxygens (including phenoxy) is 1. The summed E-state index contributed by atoms with van der Waals surface area (Å²) in [5.41, 5.74) is 5.54. The highest BCUT2D eigenvalue weighted by molar-refractivity contribution is 6.30. The minimum Gasteiger partial charge on any atom is -0.496 e. The second-order valence-electron chi connectivity index (χ2n) is 9.22. The maximum atomic E-state index is 13.3. The molecule has 2 heterocycles. The summed E-state index contributed by atoms with van der Waals surface area (Å²) in [6.07, 6.45) is 3.42. The van der Waals surface area contributed by atoms with Crippen LogP contribution in [-0.2, 0) is 10.5 Å². The average Bonchev–Trinajstić information content (AvgIpc) is 3.18. The summed E-state index contributed by atoms with van der Waals surface area (Å²) in [5, 5.41) is 9.74. The highest BCUT2D eigenvalue weighted by Gasteiger charge is 2.49. The van der Waals surface area contributed by atoms with E-state index in [1.165, 1.54) is 7.11 Å². The van der Waals surface area contributed by atoms with Crippen LogP contribution in [0, 0.1) is 0 Å². The number of hydrogen-bond acceptors (Lipinski definition) is 6. The Kier molecular flexibility index (Phi) is 8.68. The zero-order valence-corrected chi connectivity index (χ0v) is 21.4. The molecule has 0 spiro atoms. The molecule has 5 N–H and O–H groups in total. The van der Waals surface area contributed by atoms with Crippen LogP contribution in [-0.4, -0.2) is 74.2 Å². The van der Waals surface area contributed by atoms with E-state index in [2.05, 4.69) is 20.9 Å². The third-order valence-corrected chi connectivity index (χ3v) is 7.35. The van der Waals surface area contributed by atoms with Gasteiger partial charge in [-0.2, -0.15) is 0 Å². The Hall–Kier alpha value is -2.85. The van der Waals surface area contributed by atoms with Crippen molar-refractivity contribution >= 4 is 29.2 Å². The van der Waals surface area contributed by atoms with Gasteiger partial charge in [0.15, 0.2) is 0 Å². The first-order chi connectivity index (χ1) is 17.4. The van der Waals surface area contributed by atoms with Crippen molar-refractivity contribution < 1.29 is 14.3 Å². The van der Waals surface area contributed by atoms with Crippen molar-refractivity contribution in [2.45, 2.75) is 31.0 Å². The van der Waals surface area contributed by atoms with Crippen molar-refractivity contribution in [1.29, 1.82) is 0 Å². The average molecular weight is 515 g/mol. The third-order valence-electron chi connectivity index (χ3n) is 7.10. The van der Waals surface area contributed by atoms with E-state index in [0.717, 1.165) is 45.4 Å². The predicted molar refractivity (Wildman–Crippen MR) is 141 cm³/mol. The first-order valence-electron chi connectivity index (χ1n) is 12.4. The van der Waals surface area contributed by atoms with Crippen molar-refractivity contribution in [3.05, 3.63) is 59.1 Å². The smallest absolute Gasteiger partial charge is 0.321 e. The number of primary amides is 1. The first-order valence-corrected chi connectivity index (χ1v) is 12.8. The number of anilines is 1. The standard InChI is InChI=1S/C26H35ClN6O3/c1-36-23-7-3-2-6-22(23)26(24(28)34,31-25(35)30-20-10-8-19(27)9-11-20)33-17-15-32(16-18-33)21-5-4-13-29-14-12-21/h2-3,6-11,21,29H,4-5,12-18H2,1H3,(H2,28,34)(H2,30,31,35). The van der Waals surface area contributed by atoms with Gasteiger partial charge in [0, 0.05) is 48.5 Å². The van der Waals surface area contributed by atoms with Gasteiger partial charge < -0.3 is 26.4 Å². The van der Waals surface area contributed by atoms with Gasteiger partial charge in [-0.15, -0.1) is 0 Å². The Morgan fingerprint density at radius 3 is 2.47 bits per heavy atom. The molecule has 2 aliphatic rings. The van der Waals surface area contributed by atoms with Gasteiger partial charge in [-0.3, -0.25) is 14.6 Å². The van der Waals surface area contributed by atoms with Crippen LogP contribution in [0.3, 0.4) is 0 Å². The molecule has 2 aliphatic heterocycles. The summed E-state index contributed by atoms with van der Waals surface area (Å²) in [6.45, 7) is 4.74. The zero-order chi connectivity index (χ0) is 25.5. The van der Waals surface area contributed by atoms with Gasteiger partial charge in [0.05, 0.1) is 7.11 Å². The quantitative estimate of drug-likeness (QED) is 0.452. The molecule has 0 saturated carbocycles. The minimum absolute atomic E-state index is 0.473. The van der Waals surface area contributed by atoms with Crippen LogP contribution in [0.5, 0.6) is 5.75 Å². The number of halogens is 1. The third kappa shape index (κ3) is 5.75. The molecule has 4 rings (SSSR count). The maximum absolute atomic E-state index is 13.3. The van der Waals surface area contributed by atoms with Gasteiger partial charge >= 0.3 is 6.03 Å². The monoisotopic (exact) mass is 514 g/mol. The number of nitrogens with two attached hydrogens (primary N) is 1. The van der Waals surface area contributed by atoms with E-state index in [9.17, 15) is 9.59 Å². The molecule has 3 amide bonds. The van der Waals surface area contributed by atoms with E-state index in [-0.39, 0.29) is 0 Å². The molecular formula is C26H35ClN6O3. The molecule has 0 bridgehead atoms. The molecule has 2 aromatic rings. The molecule has 194 valence electrons. The van der Waals surface area contributed by atoms with Crippen LogP contribution in [0.2, 0.25) is 5.02 Å². The highest BCUT2D eigenvalue weighted by Crippen LogP contribution is 2.34. The number of benzene rings is 2. The van der Waals surface area contributed by atoms with E-state index in [1.54, 1.807) is 36.4 Å². The van der Waals surface area contributed by atoms with Crippen molar-refractivity contribution in [1.82, 2.24) is 20.4 Å². The summed E-state index contributed by atoms with van der Waals surface area (Å²) < 4.78 is 5.60. The van der Waals surface area contributed by atoms with Gasteiger partial charge in [0.25, 0.3) is 5.91 Å². The Bertz CT molecular complexity index is 1040. The summed E-state index contributed by atoms with van der Waals surface area (Å²) in [4.78, 5) is 31.0. The number of carbonyl (C=O) groups is 2. The molecule has 36 heavy (non-hydrogen) atoms. The fraction of sp³-hybridized carbons (Fsp3) is 0.462. The highest BCUT2D eigenvalue weighted by atomic mass is 35.5. The van der Waals surface area contributed by atoms with E-state index in [4.69, 9.17) is 22.1 Å². The summed E-state index contributed by atoms with van der Waals surface area (Å²) >= 11 is 5.97. The normalized spacial score (nSPS) is 21.1. The number of amides is 3. The SMILES string of the molecule is COc1ccccc1C(NC(=O)Nc1ccc(Cl)cc1)(C(N)=O)N1CCN(C2CCCNCC2)CC1. The number of hydrogen-bond donors (Lipinski definition) is 4. The maximum Gasteiger partial charge on any atom is 0.321 e. The molecule has 2 fully saturated rings. The fourth-order valence-electron chi connectivity index (χ4n) is 5.26. The van der Waals surface area contributed by atoms with Gasteiger partial charge in [-0.25, -0.2) is 4.79 Å². The fourth-order valence-corrected chi connectivity index (χ4v) is 5.38. The van der Waals surface area contributed by atoms with Crippen LogP contribution in [0.15, 0.2) is 48.5 Å². The predicted octanol–water partition coefficient (Wildman–Crippen LogP) is 2.57. The molecule has 0 aliphatic carbocycles. The molecule has 9 nitrogen and oxygen atoms in total. The number of piperazine rings is 1. The van der Waals surface area contributed by atoms with Gasteiger partial charge in [-0.05, 0) is 62.7 Å². The second-order valence-corrected chi connectivity index (χ2v) is 9.66. The minimum atomic E-state index is -1.60. The van der Waals surface area contributed by atoms with E-state index in [0.29, 0.717) is 41.2 Å². The van der Waals surface area contributed by atoms with Gasteiger partial charge in [-0.1, -0.05) is 29.8 Å². The van der Waals surface area contributed by atoms with Crippen LogP contribution >= 0.6 is 11.6 Å². The summed E-state index contributed by atoms with van der Waals surface area (Å²) in [5.74, 6) is -0.203. The Labute approximate surface area is 217 Å². The molecule has 0 radical (unpaired) electrons. The lowest BCUT2D eigenvalue weighted by atomic mass is 9.93. The number of carbonyl (C=O) groups excluding carboxylic acids is 2. The molecule has 2 atom stereocenters. The van der Waals surface area contributed by atoms with Crippen LogP contribution in [0.25, 0.3) is 0 Å². The largest absolute Gasteiger partial charge is 0.496 e. The lowest BCUT2D eigenvalue weighted by molar-refractivity contribution is -0.135. The van der Waals surface area contributed by atoms with Crippen molar-refractivity contribution in [2.24, 2.45) is 5.73 Å². The number of rotatable bonds is 7. The lowest BCUT2D eigenvalue weighted by Gasteiger charge is -2.47. The second kappa shape index (κ2) is 11.9. The van der Waals surface area contributed by atoms with Crippen LogP contribution < -0.4 is 26.4 Å². The zero-order valence-electron chi connectivity index (χ0n) is 20.6. The molecule has 0 aromatic heterocycles. The van der Waals surface area contributed by atoms with E-state index < -0.39 is 17.6 Å². The molecule has 2 aromatic carbocycles. The summed E-state index contributed by atoms with van der Waals surface area (Å²) in [6, 6.07) is 13.9. The van der Waals surface area contributed by atoms with Crippen molar-refractivity contribution in [3.8, 4) is 5.75 Å². The van der Waals surface area contributed by atoms with E-state index >= 15 is 0 Å². The first kappa shape index (κ1) is 26.2. The number of para-hydroxylation sites is 1. The lowest BCUT2D eigenvalue weighted by Crippen LogP contribution is -2.69. The van der Waals surface area contributed by atoms with Crippen molar-refractivity contribution in [3.63, 3.8) is 0 Å². The topological polar surface area (TPSA) is 112 Å². The van der Waals surface area contributed by atoms with Gasteiger partial charge in [0.2, 0.25) is 5.66 Å². The molecule has 2 unspecified atom stereocenters. The van der Waals surface area contributed by atoms with Crippen LogP contribution in [0.4, 0.5) is 10.5 Å². The Balaban J connectivity index is 1.61.